The Bertz CT molecular complexity index is 1120. The summed E-state index contributed by atoms with van der Waals surface area (Å²) in [6.07, 6.45) is 3.31. The van der Waals surface area contributed by atoms with E-state index in [9.17, 15) is 4.79 Å². The summed E-state index contributed by atoms with van der Waals surface area (Å²) in [7, 11) is 1.67. The van der Waals surface area contributed by atoms with Crippen molar-refractivity contribution in [3.8, 4) is 22.1 Å². The lowest BCUT2D eigenvalue weighted by molar-refractivity contribution is -0.132. The molecule has 1 amide bonds. The van der Waals surface area contributed by atoms with Gasteiger partial charge in [-0.05, 0) is 42.7 Å². The minimum absolute atomic E-state index is 0.215. The molecule has 0 radical (unpaired) electrons. The van der Waals surface area contributed by atoms with Gasteiger partial charge in [-0.15, -0.1) is 11.3 Å². The third kappa shape index (κ3) is 4.17. The molecule has 3 aromatic rings. The number of carbonyl (C=O) groups excluding carboxylic acids is 1. The Morgan fingerprint density at radius 2 is 2.19 bits per heavy atom. The number of aryl methyl sites for hydroxylation is 1. The number of ether oxygens (including phenoxy) is 2. The molecule has 1 aromatic heterocycles. The molecular formula is C25H26N2O3S. The largest absolute Gasteiger partial charge is 0.497 e. The van der Waals surface area contributed by atoms with Crippen LogP contribution in [0.1, 0.15) is 35.0 Å². The van der Waals surface area contributed by atoms with Crippen LogP contribution in [0.2, 0.25) is 0 Å². The van der Waals surface area contributed by atoms with Crippen LogP contribution in [0.5, 0.6) is 11.5 Å². The number of thiazole rings is 1. The van der Waals surface area contributed by atoms with Gasteiger partial charge in [0.1, 0.15) is 22.6 Å². The van der Waals surface area contributed by atoms with Crippen molar-refractivity contribution in [1.29, 1.82) is 0 Å². The van der Waals surface area contributed by atoms with Gasteiger partial charge in [-0.2, -0.15) is 0 Å². The molecule has 0 saturated heterocycles. The lowest BCUT2D eigenvalue weighted by atomic mass is 10.0. The van der Waals surface area contributed by atoms with Crippen LogP contribution in [0.3, 0.4) is 0 Å². The van der Waals surface area contributed by atoms with Crippen LogP contribution >= 0.6 is 11.3 Å². The number of carbonyl (C=O) groups is 1. The summed E-state index contributed by atoms with van der Waals surface area (Å²) in [5, 5.41) is 0.993. The van der Waals surface area contributed by atoms with Gasteiger partial charge in [-0.25, -0.2) is 4.98 Å². The van der Waals surface area contributed by atoms with E-state index in [0.717, 1.165) is 53.6 Å². The Morgan fingerprint density at radius 3 is 3.06 bits per heavy atom. The van der Waals surface area contributed by atoms with Crippen molar-refractivity contribution in [3.05, 3.63) is 64.2 Å². The zero-order chi connectivity index (χ0) is 21.4. The average molecular weight is 435 g/mol. The molecule has 0 N–H and O–H groups in total. The molecular weight excluding hydrogens is 408 g/mol. The summed E-state index contributed by atoms with van der Waals surface area (Å²) in [6, 6.07) is 14.3. The van der Waals surface area contributed by atoms with E-state index in [2.05, 4.69) is 25.1 Å². The van der Waals surface area contributed by atoms with Gasteiger partial charge in [-0.3, -0.25) is 4.79 Å². The van der Waals surface area contributed by atoms with E-state index in [0.29, 0.717) is 13.0 Å². The second-order valence-corrected chi connectivity index (χ2v) is 9.34. The van der Waals surface area contributed by atoms with Gasteiger partial charge in [0.2, 0.25) is 5.91 Å². The highest BCUT2D eigenvalue weighted by atomic mass is 32.1. The molecule has 5 rings (SSSR count). The highest BCUT2D eigenvalue weighted by Crippen LogP contribution is 2.33. The molecule has 1 atom stereocenters. The van der Waals surface area contributed by atoms with E-state index in [1.807, 2.05) is 29.2 Å². The summed E-state index contributed by atoms with van der Waals surface area (Å²) in [4.78, 5) is 20.9. The number of rotatable bonds is 5. The molecule has 2 aliphatic rings. The Balaban J connectivity index is 1.23. The minimum Gasteiger partial charge on any atom is -0.497 e. The number of amides is 1. The first-order valence-corrected chi connectivity index (χ1v) is 11.6. The molecule has 0 aliphatic carbocycles. The lowest BCUT2D eigenvalue weighted by Gasteiger charge is -2.26. The molecule has 3 heterocycles. The fraction of sp³-hybridized carbons (Fsp3) is 0.360. The fourth-order valence-corrected chi connectivity index (χ4v) is 5.45. The Hall–Kier alpha value is -2.86. The lowest BCUT2D eigenvalue weighted by Crippen LogP contribution is -2.35. The number of aromatic nitrogens is 1. The molecule has 31 heavy (non-hydrogen) atoms. The van der Waals surface area contributed by atoms with E-state index in [-0.39, 0.29) is 12.0 Å². The van der Waals surface area contributed by atoms with Crippen molar-refractivity contribution in [2.24, 2.45) is 0 Å². The summed E-state index contributed by atoms with van der Waals surface area (Å²) < 4.78 is 11.1. The second-order valence-electron chi connectivity index (χ2n) is 8.26. The number of nitrogens with zero attached hydrogens (tertiary/aromatic N) is 2. The van der Waals surface area contributed by atoms with Crippen molar-refractivity contribution in [2.45, 2.75) is 45.3 Å². The number of hydrogen-bond acceptors (Lipinski definition) is 5. The molecule has 0 saturated carbocycles. The zero-order valence-corrected chi connectivity index (χ0v) is 18.7. The molecule has 0 unspecified atom stereocenters. The minimum atomic E-state index is 0.215. The highest BCUT2D eigenvalue weighted by molar-refractivity contribution is 7.15. The van der Waals surface area contributed by atoms with E-state index in [1.54, 1.807) is 18.4 Å². The number of benzene rings is 2. The monoisotopic (exact) mass is 434 g/mol. The van der Waals surface area contributed by atoms with Gasteiger partial charge in [0, 0.05) is 36.2 Å². The Labute approximate surface area is 186 Å². The molecule has 0 fully saturated rings. The van der Waals surface area contributed by atoms with Gasteiger partial charge in [0.05, 0.1) is 19.3 Å². The van der Waals surface area contributed by atoms with E-state index < -0.39 is 0 Å². The molecule has 2 aliphatic heterocycles. The number of hydrogen-bond donors (Lipinski definition) is 0. The van der Waals surface area contributed by atoms with Crippen molar-refractivity contribution in [3.63, 3.8) is 0 Å². The number of fused-ring (bicyclic) bond motifs is 2. The summed E-state index contributed by atoms with van der Waals surface area (Å²) in [5.41, 5.74) is 4.65. The molecule has 0 bridgehead atoms. The van der Waals surface area contributed by atoms with E-state index in [1.165, 1.54) is 16.0 Å². The molecule has 160 valence electrons. The molecule has 2 aromatic carbocycles. The highest BCUT2D eigenvalue weighted by Gasteiger charge is 2.25. The Morgan fingerprint density at radius 1 is 1.29 bits per heavy atom. The predicted molar refractivity (Wildman–Crippen MR) is 122 cm³/mol. The van der Waals surface area contributed by atoms with E-state index >= 15 is 0 Å². The van der Waals surface area contributed by atoms with Gasteiger partial charge < -0.3 is 14.4 Å². The van der Waals surface area contributed by atoms with Crippen molar-refractivity contribution < 1.29 is 14.3 Å². The summed E-state index contributed by atoms with van der Waals surface area (Å²) in [6.45, 7) is 3.49. The third-order valence-corrected chi connectivity index (χ3v) is 7.12. The van der Waals surface area contributed by atoms with Gasteiger partial charge in [0.15, 0.2) is 0 Å². The van der Waals surface area contributed by atoms with E-state index in [4.69, 9.17) is 14.5 Å². The first kappa shape index (κ1) is 20.1. The van der Waals surface area contributed by atoms with Crippen LogP contribution in [-0.2, 0) is 30.6 Å². The SMILES string of the molecule is COc1cccc(-c2nc3c(s2)CN(C(=O)CCc2ccc4c(c2)C[C@H](C)O4)CC3)c1. The second kappa shape index (κ2) is 8.35. The fourth-order valence-electron chi connectivity index (χ4n) is 4.33. The molecule has 5 nitrogen and oxygen atoms in total. The quantitative estimate of drug-likeness (QED) is 0.586. The maximum Gasteiger partial charge on any atom is 0.223 e. The summed E-state index contributed by atoms with van der Waals surface area (Å²) in [5.74, 6) is 2.03. The van der Waals surface area contributed by atoms with Crippen LogP contribution in [0.15, 0.2) is 42.5 Å². The average Bonchev–Trinajstić information content (AvgIpc) is 3.39. The third-order valence-electron chi connectivity index (χ3n) is 5.99. The topological polar surface area (TPSA) is 51.7 Å². The number of methoxy groups -OCH3 is 1. The van der Waals surface area contributed by atoms with Gasteiger partial charge >= 0.3 is 0 Å². The summed E-state index contributed by atoms with van der Waals surface area (Å²) >= 11 is 1.68. The smallest absolute Gasteiger partial charge is 0.223 e. The zero-order valence-electron chi connectivity index (χ0n) is 17.9. The normalized spacial score (nSPS) is 17.1. The van der Waals surface area contributed by atoms with Crippen LogP contribution in [0, 0.1) is 0 Å². The van der Waals surface area contributed by atoms with Crippen LogP contribution in [0.25, 0.3) is 10.6 Å². The first-order valence-electron chi connectivity index (χ1n) is 10.8. The van der Waals surface area contributed by atoms with Crippen LogP contribution in [-0.4, -0.2) is 35.5 Å². The van der Waals surface area contributed by atoms with Crippen molar-refractivity contribution in [2.75, 3.05) is 13.7 Å². The molecule has 6 heteroatoms. The molecule has 0 spiro atoms. The van der Waals surface area contributed by atoms with Gasteiger partial charge in [-0.1, -0.05) is 24.3 Å². The maximum atomic E-state index is 12.9. The van der Waals surface area contributed by atoms with Gasteiger partial charge in [0.25, 0.3) is 0 Å². The van der Waals surface area contributed by atoms with Crippen molar-refractivity contribution in [1.82, 2.24) is 9.88 Å². The van der Waals surface area contributed by atoms with Crippen molar-refractivity contribution >= 4 is 17.2 Å². The Kier molecular flexibility index (Phi) is 5.40. The maximum absolute atomic E-state index is 12.9. The van der Waals surface area contributed by atoms with Crippen LogP contribution < -0.4 is 9.47 Å². The van der Waals surface area contributed by atoms with Crippen LogP contribution in [0.4, 0.5) is 0 Å². The first-order chi connectivity index (χ1) is 15.1. The standard InChI is InChI=1S/C25H26N2O3S/c1-16-12-19-13-17(6-8-22(19)30-16)7-9-24(28)27-11-10-21-23(15-27)31-25(26-21)18-4-3-5-20(14-18)29-2/h3-6,8,13-14,16H,7,9-12,15H2,1-2H3/t16-/m0/s1. The predicted octanol–water partition coefficient (Wildman–Crippen LogP) is 4.66.